The molecule has 0 aliphatic carbocycles. The van der Waals surface area contributed by atoms with Crippen molar-refractivity contribution in [3.8, 4) is 6.07 Å². The molecule has 2 unspecified atom stereocenters. The zero-order chi connectivity index (χ0) is 20.2. The Balaban J connectivity index is 4.72. The first kappa shape index (κ1) is 25.1. The Hall–Kier alpha value is -0.880. The van der Waals surface area contributed by atoms with Crippen LogP contribution in [0.1, 0.15) is 47.0 Å². The van der Waals surface area contributed by atoms with E-state index in [1.807, 2.05) is 27.7 Å². The van der Waals surface area contributed by atoms with E-state index in [4.69, 9.17) is 31.2 Å². The third kappa shape index (κ3) is 10.3. The lowest BCUT2D eigenvalue weighted by atomic mass is 9.97. The molecule has 0 spiro atoms. The van der Waals surface area contributed by atoms with E-state index in [1.165, 1.54) is 26.0 Å². The van der Waals surface area contributed by atoms with Gasteiger partial charge in [-0.3, -0.25) is 4.79 Å². The van der Waals surface area contributed by atoms with E-state index in [0.717, 1.165) is 6.42 Å². The smallest absolute Gasteiger partial charge is 0.311 e. The second-order valence-electron chi connectivity index (χ2n) is 6.76. The van der Waals surface area contributed by atoms with Crippen LogP contribution in [0.5, 0.6) is 0 Å². The molecule has 0 N–H and O–H groups in total. The molecular weight excluding hydrogens is 374 g/mol. The summed E-state index contributed by atoms with van der Waals surface area (Å²) in [6, 6.07) is 2.24. The predicted octanol–water partition coefficient (Wildman–Crippen LogP) is 3.93. The van der Waals surface area contributed by atoms with Crippen LogP contribution in [-0.4, -0.2) is 49.3 Å². The molecule has 0 aliphatic rings. The number of carbonyl (C=O) groups is 1. The van der Waals surface area contributed by atoms with Crippen LogP contribution >= 0.6 is 24.0 Å². The molecule has 6 nitrogen and oxygen atoms in total. The van der Waals surface area contributed by atoms with Gasteiger partial charge in [-0.15, -0.1) is 0 Å². The minimum absolute atomic E-state index is 0.0415. The molecule has 8 heteroatoms. The van der Waals surface area contributed by atoms with Gasteiger partial charge in [0.1, 0.15) is 0 Å². The number of nitrogens with zero attached hydrogens (tertiary/aromatic N) is 1. The average molecular weight is 406 g/mol. The second-order valence-corrected chi connectivity index (χ2v) is 8.66. The fourth-order valence-electron chi connectivity index (χ4n) is 2.14. The van der Waals surface area contributed by atoms with Gasteiger partial charge in [0.2, 0.25) is 4.38 Å². The summed E-state index contributed by atoms with van der Waals surface area (Å²) in [5, 5.41) is 9.47. The summed E-state index contributed by atoms with van der Waals surface area (Å²) in [6.07, 6.45) is 1.35. The van der Waals surface area contributed by atoms with Crippen LogP contribution in [0.3, 0.4) is 0 Å². The molecule has 0 amide bonds. The van der Waals surface area contributed by atoms with Crippen molar-refractivity contribution in [3.05, 3.63) is 0 Å². The van der Waals surface area contributed by atoms with Crippen LogP contribution < -0.4 is 0 Å². The van der Waals surface area contributed by atoms with Gasteiger partial charge in [-0.2, -0.15) is 5.26 Å². The minimum atomic E-state index is -0.595. The standard InChI is InChI=1S/C18H31NO5S2/c1-7-23-17(25)26-14(11-13(12-19)15(21-5)22-6)9-8-10-24-16(20)18(2,3)4/h13-15H,7-11H2,1-6H3. The highest BCUT2D eigenvalue weighted by Gasteiger charge is 2.27. The number of carbonyl (C=O) groups excluding carboxylic acids is 1. The lowest BCUT2D eigenvalue weighted by Crippen LogP contribution is -2.27. The Morgan fingerprint density at radius 1 is 1.23 bits per heavy atom. The highest BCUT2D eigenvalue weighted by Crippen LogP contribution is 2.28. The van der Waals surface area contributed by atoms with Crippen LogP contribution in [0.25, 0.3) is 0 Å². The maximum atomic E-state index is 11.8. The summed E-state index contributed by atoms with van der Waals surface area (Å²) in [4.78, 5) is 11.8. The number of methoxy groups -OCH3 is 2. The number of hydrogen-bond acceptors (Lipinski definition) is 8. The SMILES string of the molecule is CCOC(=S)SC(CCCOC(=O)C(C)(C)C)CC(C#N)C(OC)OC. The molecule has 0 saturated heterocycles. The second kappa shape index (κ2) is 13.3. The average Bonchev–Trinajstić information content (AvgIpc) is 2.57. The van der Waals surface area contributed by atoms with Crippen molar-refractivity contribution in [1.82, 2.24) is 0 Å². The van der Waals surface area contributed by atoms with E-state index in [9.17, 15) is 10.1 Å². The quantitative estimate of drug-likeness (QED) is 0.221. The summed E-state index contributed by atoms with van der Waals surface area (Å²) >= 11 is 6.64. The van der Waals surface area contributed by atoms with Crippen molar-refractivity contribution in [1.29, 1.82) is 5.26 Å². The first-order chi connectivity index (χ1) is 12.2. The molecule has 26 heavy (non-hydrogen) atoms. The summed E-state index contributed by atoms with van der Waals surface area (Å²) in [5.41, 5.74) is -0.513. The molecule has 0 fully saturated rings. The number of thioether (sulfide) groups is 1. The van der Waals surface area contributed by atoms with Crippen molar-refractivity contribution in [2.24, 2.45) is 11.3 Å². The fraction of sp³-hybridized carbons (Fsp3) is 0.833. The van der Waals surface area contributed by atoms with Crippen molar-refractivity contribution in [3.63, 3.8) is 0 Å². The molecule has 0 bridgehead atoms. The predicted molar refractivity (Wildman–Crippen MR) is 107 cm³/mol. The highest BCUT2D eigenvalue weighted by molar-refractivity contribution is 8.23. The van der Waals surface area contributed by atoms with Crippen LogP contribution in [0.2, 0.25) is 0 Å². The third-order valence-electron chi connectivity index (χ3n) is 3.52. The zero-order valence-electron chi connectivity index (χ0n) is 16.6. The van der Waals surface area contributed by atoms with Gasteiger partial charge in [0.15, 0.2) is 6.29 Å². The Morgan fingerprint density at radius 3 is 2.31 bits per heavy atom. The van der Waals surface area contributed by atoms with Gasteiger partial charge in [0.05, 0.1) is 30.6 Å². The molecule has 0 aromatic carbocycles. The molecule has 0 saturated carbocycles. The van der Waals surface area contributed by atoms with Gasteiger partial charge in [-0.25, -0.2) is 0 Å². The Bertz CT molecular complexity index is 469. The van der Waals surface area contributed by atoms with Gasteiger partial charge in [-0.05, 0) is 59.2 Å². The molecule has 2 atom stereocenters. The largest absolute Gasteiger partial charge is 0.479 e. The van der Waals surface area contributed by atoms with Crippen molar-refractivity contribution in [2.75, 3.05) is 27.4 Å². The van der Waals surface area contributed by atoms with Gasteiger partial charge in [0, 0.05) is 19.5 Å². The number of esters is 1. The first-order valence-corrected chi connectivity index (χ1v) is 9.94. The molecule has 0 aromatic rings. The molecule has 0 rings (SSSR count). The summed E-state index contributed by atoms with van der Waals surface area (Å²) in [5.74, 6) is -0.649. The first-order valence-electron chi connectivity index (χ1n) is 8.65. The van der Waals surface area contributed by atoms with Crippen molar-refractivity contribution < 1.29 is 23.7 Å². The van der Waals surface area contributed by atoms with E-state index >= 15 is 0 Å². The van der Waals surface area contributed by atoms with E-state index in [2.05, 4.69) is 6.07 Å². The topological polar surface area (TPSA) is 77.8 Å². The maximum Gasteiger partial charge on any atom is 0.311 e. The summed E-state index contributed by atoms with van der Waals surface area (Å²) < 4.78 is 21.5. The monoisotopic (exact) mass is 405 g/mol. The van der Waals surface area contributed by atoms with Crippen LogP contribution in [-0.2, 0) is 23.7 Å². The number of ether oxygens (including phenoxy) is 4. The number of hydrogen-bond donors (Lipinski definition) is 0. The third-order valence-corrected chi connectivity index (χ3v) is 5.00. The molecule has 0 aromatic heterocycles. The molecule has 0 aliphatic heterocycles. The molecular formula is C18H31NO5S2. The van der Waals surface area contributed by atoms with Gasteiger partial charge >= 0.3 is 5.97 Å². The summed E-state index contributed by atoms with van der Waals surface area (Å²) in [7, 11) is 3.02. The number of nitriles is 1. The van der Waals surface area contributed by atoms with Gasteiger partial charge in [0.25, 0.3) is 0 Å². The number of thiocarbonyl (C=S) groups is 1. The zero-order valence-corrected chi connectivity index (χ0v) is 18.2. The Morgan fingerprint density at radius 2 is 1.85 bits per heavy atom. The van der Waals surface area contributed by atoms with Gasteiger partial charge in [-0.1, -0.05) is 11.8 Å². The van der Waals surface area contributed by atoms with Crippen molar-refractivity contribution in [2.45, 2.75) is 58.5 Å². The lowest BCUT2D eigenvalue weighted by Gasteiger charge is -2.24. The summed E-state index contributed by atoms with van der Waals surface area (Å²) in [6.45, 7) is 8.18. The Labute approximate surface area is 166 Å². The normalized spacial score (nSPS) is 13.8. The van der Waals surface area contributed by atoms with E-state index < -0.39 is 17.6 Å². The minimum Gasteiger partial charge on any atom is -0.479 e. The van der Waals surface area contributed by atoms with Crippen LogP contribution in [0.15, 0.2) is 0 Å². The molecule has 0 radical (unpaired) electrons. The number of rotatable bonds is 11. The van der Waals surface area contributed by atoms with Crippen molar-refractivity contribution >= 4 is 34.3 Å². The van der Waals surface area contributed by atoms with E-state index in [0.29, 0.717) is 30.4 Å². The van der Waals surface area contributed by atoms with E-state index in [-0.39, 0.29) is 11.2 Å². The lowest BCUT2D eigenvalue weighted by molar-refractivity contribution is -0.153. The fourth-order valence-corrected chi connectivity index (χ4v) is 3.71. The van der Waals surface area contributed by atoms with Crippen LogP contribution in [0.4, 0.5) is 0 Å². The molecule has 0 heterocycles. The Kier molecular flexibility index (Phi) is 12.9. The van der Waals surface area contributed by atoms with Gasteiger partial charge < -0.3 is 18.9 Å². The van der Waals surface area contributed by atoms with E-state index in [1.54, 1.807) is 0 Å². The molecule has 150 valence electrons. The van der Waals surface area contributed by atoms with Crippen LogP contribution in [0, 0.1) is 22.7 Å². The highest BCUT2D eigenvalue weighted by atomic mass is 32.2. The maximum absolute atomic E-state index is 11.8.